The minimum atomic E-state index is -0.263. The van der Waals surface area contributed by atoms with Crippen LogP contribution in [0.4, 0.5) is 10.3 Å². The van der Waals surface area contributed by atoms with Gasteiger partial charge in [-0.1, -0.05) is 13.3 Å². The minimum Gasteiger partial charge on any atom is -0.355 e. The maximum atomic E-state index is 13.3. The zero-order valence-corrected chi connectivity index (χ0v) is 11.7. The van der Waals surface area contributed by atoms with Crippen molar-refractivity contribution in [3.05, 3.63) is 40.9 Å². The lowest BCUT2D eigenvalue weighted by molar-refractivity contribution is 0.626. The Morgan fingerprint density at radius 1 is 1.44 bits per heavy atom. The van der Waals surface area contributed by atoms with E-state index < -0.39 is 0 Å². The molecule has 0 atom stereocenters. The second-order valence-electron chi connectivity index (χ2n) is 4.00. The summed E-state index contributed by atoms with van der Waals surface area (Å²) in [5.74, 6) is 0.469. The molecule has 1 heterocycles. The number of hydrogen-bond acceptors (Lipinski definition) is 2. The number of hydrogen-bond donors (Lipinski definition) is 1. The summed E-state index contributed by atoms with van der Waals surface area (Å²) in [6.07, 6.45) is 5.72. The Morgan fingerprint density at radius 3 is 3.06 bits per heavy atom. The summed E-state index contributed by atoms with van der Waals surface area (Å²) in [6, 6.07) is 4.60. The van der Waals surface area contributed by atoms with E-state index in [0.717, 1.165) is 35.5 Å². The highest BCUT2D eigenvalue weighted by molar-refractivity contribution is 9.10. The molecule has 5 heteroatoms. The van der Waals surface area contributed by atoms with Gasteiger partial charge < -0.3 is 5.32 Å². The second-order valence-corrected chi connectivity index (χ2v) is 4.85. The minimum absolute atomic E-state index is 0.263. The van der Waals surface area contributed by atoms with Gasteiger partial charge in [-0.3, -0.25) is 4.57 Å². The lowest BCUT2D eigenvalue weighted by Gasteiger charge is -2.11. The van der Waals surface area contributed by atoms with E-state index in [-0.39, 0.29) is 5.82 Å². The normalized spacial score (nSPS) is 10.6. The molecule has 0 spiro atoms. The average molecular weight is 312 g/mol. The molecule has 96 valence electrons. The first-order chi connectivity index (χ1) is 8.72. The Morgan fingerprint density at radius 2 is 2.28 bits per heavy atom. The Kier molecular flexibility index (Phi) is 4.36. The van der Waals surface area contributed by atoms with Crippen LogP contribution in [0, 0.1) is 5.82 Å². The highest BCUT2D eigenvalue weighted by Crippen LogP contribution is 2.24. The molecule has 0 radical (unpaired) electrons. The number of rotatable bonds is 5. The number of benzene rings is 1. The fourth-order valence-corrected chi connectivity index (χ4v) is 2.11. The van der Waals surface area contributed by atoms with E-state index in [1.54, 1.807) is 12.3 Å². The Hall–Kier alpha value is -1.36. The van der Waals surface area contributed by atoms with Crippen LogP contribution < -0.4 is 5.32 Å². The standard InChI is InChI=1S/C13H15BrFN3/c1-2-3-6-16-13-17-7-8-18(13)12-9-10(15)4-5-11(12)14/h4-5,7-9H,2-3,6H2,1H3,(H,16,17). The molecule has 0 amide bonds. The van der Waals surface area contributed by atoms with Crippen LogP contribution in [0.15, 0.2) is 35.1 Å². The molecule has 0 saturated heterocycles. The molecule has 0 saturated carbocycles. The number of aromatic nitrogens is 2. The van der Waals surface area contributed by atoms with Crippen molar-refractivity contribution < 1.29 is 4.39 Å². The van der Waals surface area contributed by atoms with E-state index in [1.807, 2.05) is 10.8 Å². The van der Waals surface area contributed by atoms with Crippen molar-refractivity contribution in [2.45, 2.75) is 19.8 Å². The van der Waals surface area contributed by atoms with Crippen molar-refractivity contribution in [1.29, 1.82) is 0 Å². The molecule has 2 rings (SSSR count). The van der Waals surface area contributed by atoms with E-state index in [0.29, 0.717) is 0 Å². The number of unbranched alkanes of at least 4 members (excludes halogenated alkanes) is 1. The van der Waals surface area contributed by atoms with Gasteiger partial charge in [0, 0.05) is 23.4 Å². The van der Waals surface area contributed by atoms with Gasteiger partial charge in [0.05, 0.1) is 5.69 Å². The van der Waals surface area contributed by atoms with E-state index in [4.69, 9.17) is 0 Å². The van der Waals surface area contributed by atoms with E-state index in [9.17, 15) is 4.39 Å². The number of imidazole rings is 1. The maximum absolute atomic E-state index is 13.3. The molecule has 1 aromatic carbocycles. The monoisotopic (exact) mass is 311 g/mol. The summed E-state index contributed by atoms with van der Waals surface area (Å²) in [5, 5.41) is 3.25. The van der Waals surface area contributed by atoms with Crippen LogP contribution >= 0.6 is 15.9 Å². The van der Waals surface area contributed by atoms with Crippen molar-refractivity contribution in [2.75, 3.05) is 11.9 Å². The van der Waals surface area contributed by atoms with Gasteiger partial charge in [0.15, 0.2) is 0 Å². The maximum Gasteiger partial charge on any atom is 0.207 e. The van der Waals surface area contributed by atoms with E-state index in [1.165, 1.54) is 12.1 Å². The predicted molar refractivity (Wildman–Crippen MR) is 74.6 cm³/mol. The van der Waals surface area contributed by atoms with Gasteiger partial charge in [0.1, 0.15) is 5.82 Å². The lowest BCUT2D eigenvalue weighted by atomic mass is 10.3. The quantitative estimate of drug-likeness (QED) is 0.846. The van der Waals surface area contributed by atoms with Crippen molar-refractivity contribution in [2.24, 2.45) is 0 Å². The molecule has 0 bridgehead atoms. The summed E-state index contributed by atoms with van der Waals surface area (Å²) >= 11 is 3.42. The van der Waals surface area contributed by atoms with Crippen LogP contribution in [-0.4, -0.2) is 16.1 Å². The second kappa shape index (κ2) is 6.00. The third kappa shape index (κ3) is 2.90. The number of halogens is 2. The third-order valence-corrected chi connectivity index (χ3v) is 3.29. The first kappa shape index (κ1) is 13.1. The van der Waals surface area contributed by atoms with Crippen molar-refractivity contribution in [3.8, 4) is 5.69 Å². The van der Waals surface area contributed by atoms with Gasteiger partial charge in [-0.15, -0.1) is 0 Å². The molecule has 0 aliphatic heterocycles. The van der Waals surface area contributed by atoms with Crippen molar-refractivity contribution in [3.63, 3.8) is 0 Å². The fourth-order valence-electron chi connectivity index (χ4n) is 1.68. The molecule has 0 aliphatic rings. The highest BCUT2D eigenvalue weighted by Gasteiger charge is 2.08. The molecular formula is C13H15BrFN3. The summed E-state index contributed by atoms with van der Waals surface area (Å²) in [5.41, 5.74) is 0.742. The van der Waals surface area contributed by atoms with Crippen LogP contribution in [0.2, 0.25) is 0 Å². The lowest BCUT2D eigenvalue weighted by Crippen LogP contribution is -2.07. The smallest absolute Gasteiger partial charge is 0.207 e. The van der Waals surface area contributed by atoms with Gasteiger partial charge in [-0.05, 0) is 40.5 Å². The van der Waals surface area contributed by atoms with Crippen LogP contribution in [0.1, 0.15) is 19.8 Å². The Labute approximate surface area is 114 Å². The molecule has 3 nitrogen and oxygen atoms in total. The van der Waals surface area contributed by atoms with E-state index >= 15 is 0 Å². The average Bonchev–Trinajstić information content (AvgIpc) is 2.81. The zero-order valence-electron chi connectivity index (χ0n) is 10.2. The van der Waals surface area contributed by atoms with Crippen LogP contribution in [0.25, 0.3) is 5.69 Å². The first-order valence-electron chi connectivity index (χ1n) is 5.95. The zero-order chi connectivity index (χ0) is 13.0. The largest absolute Gasteiger partial charge is 0.355 e. The summed E-state index contributed by atoms with van der Waals surface area (Å²) < 4.78 is 16.0. The van der Waals surface area contributed by atoms with Crippen LogP contribution in [-0.2, 0) is 0 Å². The number of nitrogens with one attached hydrogen (secondary N) is 1. The highest BCUT2D eigenvalue weighted by atomic mass is 79.9. The van der Waals surface area contributed by atoms with Gasteiger partial charge in [-0.25, -0.2) is 9.37 Å². The van der Waals surface area contributed by atoms with Gasteiger partial charge in [0.2, 0.25) is 5.95 Å². The molecule has 1 aromatic heterocycles. The third-order valence-electron chi connectivity index (χ3n) is 2.62. The summed E-state index contributed by atoms with van der Waals surface area (Å²) in [6.45, 7) is 3.00. The molecule has 0 unspecified atom stereocenters. The van der Waals surface area contributed by atoms with Gasteiger partial charge >= 0.3 is 0 Å². The van der Waals surface area contributed by atoms with Crippen LogP contribution in [0.3, 0.4) is 0 Å². The fraction of sp³-hybridized carbons (Fsp3) is 0.308. The molecule has 0 fully saturated rings. The van der Waals surface area contributed by atoms with Crippen LogP contribution in [0.5, 0.6) is 0 Å². The molecule has 2 aromatic rings. The SMILES string of the molecule is CCCCNc1nccn1-c1cc(F)ccc1Br. The predicted octanol–water partition coefficient (Wildman–Crippen LogP) is 3.99. The molecular weight excluding hydrogens is 297 g/mol. The van der Waals surface area contributed by atoms with Gasteiger partial charge in [-0.2, -0.15) is 0 Å². The summed E-state index contributed by atoms with van der Waals surface area (Å²) in [7, 11) is 0. The molecule has 1 N–H and O–H groups in total. The number of nitrogens with zero attached hydrogens (tertiary/aromatic N) is 2. The van der Waals surface area contributed by atoms with Crippen molar-refractivity contribution in [1.82, 2.24) is 9.55 Å². The van der Waals surface area contributed by atoms with Gasteiger partial charge in [0.25, 0.3) is 0 Å². The number of anilines is 1. The topological polar surface area (TPSA) is 29.9 Å². The summed E-state index contributed by atoms with van der Waals surface area (Å²) in [4.78, 5) is 4.24. The van der Waals surface area contributed by atoms with E-state index in [2.05, 4.69) is 33.2 Å². The molecule has 0 aliphatic carbocycles. The Balaban J connectivity index is 2.27. The van der Waals surface area contributed by atoms with Crippen molar-refractivity contribution >= 4 is 21.9 Å². The first-order valence-corrected chi connectivity index (χ1v) is 6.74. The Bertz CT molecular complexity index is 525. The molecule has 18 heavy (non-hydrogen) atoms.